The molecular weight excluding hydrogens is 448 g/mol. The quantitative estimate of drug-likeness (QED) is 0.503. The van der Waals surface area contributed by atoms with Crippen molar-refractivity contribution in [2.24, 2.45) is 0 Å². The van der Waals surface area contributed by atoms with E-state index in [0.29, 0.717) is 5.92 Å². The lowest BCUT2D eigenvalue weighted by molar-refractivity contribution is 0.0398. The van der Waals surface area contributed by atoms with Crippen molar-refractivity contribution in [1.82, 2.24) is 35.0 Å². The van der Waals surface area contributed by atoms with Gasteiger partial charge in [-0.25, -0.2) is 4.98 Å². The number of H-pyrrole nitrogens is 1. The lowest BCUT2D eigenvalue weighted by Gasteiger charge is -2.27. The van der Waals surface area contributed by atoms with E-state index in [1.807, 2.05) is 23.1 Å². The van der Waals surface area contributed by atoms with Gasteiger partial charge >= 0.3 is 0 Å². The predicted octanol–water partition coefficient (Wildman–Crippen LogP) is 2.09. The van der Waals surface area contributed by atoms with Gasteiger partial charge in [0.15, 0.2) is 5.65 Å². The van der Waals surface area contributed by atoms with Crippen LogP contribution >= 0.6 is 15.9 Å². The highest BCUT2D eigenvalue weighted by atomic mass is 79.9. The van der Waals surface area contributed by atoms with E-state index in [9.17, 15) is 0 Å². The van der Waals surface area contributed by atoms with Crippen molar-refractivity contribution in [2.45, 2.75) is 18.8 Å². The second-order valence-electron chi connectivity index (χ2n) is 7.86. The second kappa shape index (κ2) is 9.01. The molecule has 160 valence electrons. The van der Waals surface area contributed by atoms with Crippen LogP contribution in [0.1, 0.15) is 24.5 Å². The lowest BCUT2D eigenvalue weighted by Crippen LogP contribution is -2.39. The Morgan fingerprint density at radius 1 is 1.27 bits per heavy atom. The molecule has 2 aliphatic rings. The number of morpholine rings is 1. The summed E-state index contributed by atoms with van der Waals surface area (Å²) in [6.07, 6.45) is 7.87. The van der Waals surface area contributed by atoms with Crippen LogP contribution in [0.3, 0.4) is 0 Å². The Labute approximate surface area is 183 Å². The lowest BCUT2D eigenvalue weighted by atomic mass is 9.96. The number of hydrogen-bond acceptors (Lipinski definition) is 7. The molecule has 3 N–H and O–H groups in total. The minimum absolute atomic E-state index is 0.380. The molecule has 9 nitrogen and oxygen atoms in total. The van der Waals surface area contributed by atoms with Crippen LogP contribution in [0.4, 0.5) is 5.82 Å². The molecular formula is C20H27BrN8O. The fourth-order valence-corrected chi connectivity index (χ4v) is 4.98. The molecule has 0 aliphatic carbocycles. The molecule has 1 atom stereocenters. The van der Waals surface area contributed by atoms with Gasteiger partial charge in [0.05, 0.1) is 35.8 Å². The Hall–Kier alpha value is -2.01. The minimum Gasteiger partial charge on any atom is -0.379 e. The molecule has 5 rings (SSSR count). The van der Waals surface area contributed by atoms with Gasteiger partial charge in [-0.15, -0.1) is 0 Å². The molecule has 3 aromatic heterocycles. The number of anilines is 1. The van der Waals surface area contributed by atoms with E-state index in [0.717, 1.165) is 98.1 Å². The second-order valence-corrected chi connectivity index (χ2v) is 8.66. The maximum absolute atomic E-state index is 5.46. The maximum Gasteiger partial charge on any atom is 0.165 e. The van der Waals surface area contributed by atoms with Crippen molar-refractivity contribution >= 4 is 27.4 Å². The molecule has 0 amide bonds. The summed E-state index contributed by atoms with van der Waals surface area (Å²) in [5.41, 5.74) is 3.92. The number of fused-ring (bicyclic) bond motifs is 1. The standard InChI is InChI=1S/C20H27BrN8O/c21-17-18(14-2-1-3-22-10-14)27-19-16(15-11-24-25-12-15)13-26-29(19)20(17)23-4-5-28-6-8-30-9-7-28/h11-14,22-23H,1-10H2,(H,24,25). The number of rotatable bonds is 6. The van der Waals surface area contributed by atoms with Gasteiger partial charge < -0.3 is 15.4 Å². The predicted molar refractivity (Wildman–Crippen MR) is 119 cm³/mol. The summed E-state index contributed by atoms with van der Waals surface area (Å²) < 4.78 is 8.37. The summed E-state index contributed by atoms with van der Waals surface area (Å²) >= 11 is 3.86. The van der Waals surface area contributed by atoms with E-state index >= 15 is 0 Å². The molecule has 2 saturated heterocycles. The zero-order valence-corrected chi connectivity index (χ0v) is 18.5. The van der Waals surface area contributed by atoms with Gasteiger partial charge in [-0.2, -0.15) is 14.7 Å². The highest BCUT2D eigenvalue weighted by molar-refractivity contribution is 9.10. The van der Waals surface area contributed by atoms with Crippen LogP contribution < -0.4 is 10.6 Å². The van der Waals surface area contributed by atoms with Crippen molar-refractivity contribution in [3.05, 3.63) is 28.8 Å². The fourth-order valence-electron chi connectivity index (χ4n) is 4.26. The Kier molecular flexibility index (Phi) is 5.98. The average Bonchev–Trinajstić information content (AvgIpc) is 3.46. The Morgan fingerprint density at radius 3 is 2.93 bits per heavy atom. The van der Waals surface area contributed by atoms with E-state index in [1.54, 1.807) is 0 Å². The van der Waals surface area contributed by atoms with Crippen molar-refractivity contribution in [3.63, 3.8) is 0 Å². The molecule has 0 radical (unpaired) electrons. The average molecular weight is 475 g/mol. The summed E-state index contributed by atoms with van der Waals surface area (Å²) in [5.74, 6) is 1.34. The third-order valence-electron chi connectivity index (χ3n) is 5.93. The van der Waals surface area contributed by atoms with Gasteiger partial charge in [-0.1, -0.05) is 0 Å². The number of aromatic nitrogens is 5. The zero-order chi connectivity index (χ0) is 20.3. The Balaban J connectivity index is 1.49. The molecule has 0 bridgehead atoms. The number of nitrogens with zero attached hydrogens (tertiary/aromatic N) is 5. The first-order valence-corrected chi connectivity index (χ1v) is 11.4. The van der Waals surface area contributed by atoms with E-state index in [-0.39, 0.29) is 0 Å². The SMILES string of the molecule is Brc1c(C2CCCNC2)nc2c(-c3cn[nH]c3)cnn2c1NCCN1CCOCC1. The fraction of sp³-hybridized carbons (Fsp3) is 0.550. The molecule has 30 heavy (non-hydrogen) atoms. The first-order chi connectivity index (χ1) is 14.8. The number of aromatic amines is 1. The van der Waals surface area contributed by atoms with Crippen LogP contribution in [0.2, 0.25) is 0 Å². The van der Waals surface area contributed by atoms with E-state index in [1.165, 1.54) is 0 Å². The number of nitrogens with one attached hydrogen (secondary N) is 3. The van der Waals surface area contributed by atoms with Gasteiger partial charge in [-0.05, 0) is 35.3 Å². The minimum atomic E-state index is 0.380. The summed E-state index contributed by atoms with van der Waals surface area (Å²) in [7, 11) is 0. The third-order valence-corrected chi connectivity index (χ3v) is 6.71. The van der Waals surface area contributed by atoms with Crippen LogP contribution in [-0.2, 0) is 4.74 Å². The molecule has 2 fully saturated rings. The number of halogens is 1. The summed E-state index contributed by atoms with van der Waals surface area (Å²) in [4.78, 5) is 7.50. The molecule has 1 unspecified atom stereocenters. The van der Waals surface area contributed by atoms with Crippen molar-refractivity contribution in [2.75, 3.05) is 57.8 Å². The molecule has 0 aromatic carbocycles. The highest BCUT2D eigenvalue weighted by Gasteiger charge is 2.25. The smallest absolute Gasteiger partial charge is 0.165 e. The van der Waals surface area contributed by atoms with Crippen LogP contribution in [0.15, 0.2) is 23.1 Å². The van der Waals surface area contributed by atoms with Gasteiger partial charge in [0.25, 0.3) is 0 Å². The summed E-state index contributed by atoms with van der Waals surface area (Å²) in [6, 6.07) is 0. The van der Waals surface area contributed by atoms with Crippen LogP contribution in [0.25, 0.3) is 16.8 Å². The zero-order valence-electron chi connectivity index (χ0n) is 16.9. The van der Waals surface area contributed by atoms with Crippen LogP contribution in [0.5, 0.6) is 0 Å². The summed E-state index contributed by atoms with van der Waals surface area (Å²) in [5, 5.41) is 18.8. The van der Waals surface area contributed by atoms with E-state index in [4.69, 9.17) is 9.72 Å². The van der Waals surface area contributed by atoms with Crippen molar-refractivity contribution < 1.29 is 4.74 Å². The van der Waals surface area contributed by atoms with Crippen molar-refractivity contribution in [1.29, 1.82) is 0 Å². The molecule has 10 heteroatoms. The molecule has 5 heterocycles. The van der Waals surface area contributed by atoms with Gasteiger partial charge in [0.1, 0.15) is 5.82 Å². The molecule has 2 aliphatic heterocycles. The first-order valence-electron chi connectivity index (χ1n) is 10.6. The number of hydrogen-bond donors (Lipinski definition) is 3. The van der Waals surface area contributed by atoms with Crippen molar-refractivity contribution in [3.8, 4) is 11.1 Å². The largest absolute Gasteiger partial charge is 0.379 e. The van der Waals surface area contributed by atoms with E-state index < -0.39 is 0 Å². The highest BCUT2D eigenvalue weighted by Crippen LogP contribution is 2.36. The van der Waals surface area contributed by atoms with Gasteiger partial charge in [0.2, 0.25) is 0 Å². The molecule has 0 spiro atoms. The number of ether oxygens (including phenoxy) is 1. The molecule has 0 saturated carbocycles. The van der Waals surface area contributed by atoms with Gasteiger partial charge in [-0.3, -0.25) is 10.00 Å². The Bertz CT molecular complexity index is 977. The van der Waals surface area contributed by atoms with Crippen LogP contribution in [0, 0.1) is 0 Å². The monoisotopic (exact) mass is 474 g/mol. The van der Waals surface area contributed by atoms with Crippen LogP contribution in [-0.4, -0.2) is 82.2 Å². The third kappa shape index (κ3) is 3.96. The summed E-state index contributed by atoms with van der Waals surface area (Å²) in [6.45, 7) is 7.43. The normalized spacial score (nSPS) is 20.6. The first kappa shape index (κ1) is 19.9. The topological polar surface area (TPSA) is 95.4 Å². The maximum atomic E-state index is 5.46. The van der Waals surface area contributed by atoms with E-state index in [2.05, 4.69) is 46.8 Å². The number of piperidine rings is 1. The Morgan fingerprint density at radius 2 is 2.17 bits per heavy atom. The van der Waals surface area contributed by atoms with Gasteiger partial charge in [0, 0.05) is 56.0 Å². The molecule has 3 aromatic rings.